The van der Waals surface area contributed by atoms with E-state index in [0.717, 1.165) is 25.1 Å². The molecule has 0 atom stereocenters. The molecule has 1 aliphatic rings. The zero-order valence-corrected chi connectivity index (χ0v) is 18.8. The minimum atomic E-state index is -3.65. The van der Waals surface area contributed by atoms with E-state index < -0.39 is 10.0 Å². The lowest BCUT2D eigenvalue weighted by Gasteiger charge is -2.28. The second-order valence-electron chi connectivity index (χ2n) is 8.08. The number of benzene rings is 2. The Labute approximate surface area is 179 Å². The van der Waals surface area contributed by atoms with Gasteiger partial charge in [0.1, 0.15) is 0 Å². The van der Waals surface area contributed by atoms with Crippen LogP contribution in [0.4, 0.5) is 5.69 Å². The number of hydrogen-bond donors (Lipinski definition) is 1. The maximum absolute atomic E-state index is 12.9. The summed E-state index contributed by atoms with van der Waals surface area (Å²) in [6.07, 6.45) is 3.36. The number of likely N-dealkylation sites (tertiary alicyclic amines) is 1. The molecular formula is C23H31N3O3S. The summed E-state index contributed by atoms with van der Waals surface area (Å²) in [5.41, 5.74) is 1.84. The third-order valence-electron chi connectivity index (χ3n) is 5.88. The van der Waals surface area contributed by atoms with Crippen LogP contribution in [0.5, 0.6) is 0 Å². The molecule has 2 aromatic rings. The average molecular weight is 430 g/mol. The number of nitrogens with zero attached hydrogens (tertiary/aromatic N) is 2. The Kier molecular flexibility index (Phi) is 7.15. The van der Waals surface area contributed by atoms with E-state index >= 15 is 0 Å². The molecule has 1 N–H and O–H groups in total. The van der Waals surface area contributed by atoms with Gasteiger partial charge in [-0.25, -0.2) is 8.42 Å². The van der Waals surface area contributed by atoms with Crippen LogP contribution in [0.15, 0.2) is 53.4 Å². The molecule has 30 heavy (non-hydrogen) atoms. The minimum absolute atomic E-state index is 0.119. The smallest absolute Gasteiger partial charge is 0.264 e. The van der Waals surface area contributed by atoms with Gasteiger partial charge in [0.15, 0.2) is 0 Å². The number of piperidine rings is 1. The van der Waals surface area contributed by atoms with Crippen LogP contribution in [0.2, 0.25) is 0 Å². The van der Waals surface area contributed by atoms with Gasteiger partial charge in [-0.1, -0.05) is 18.2 Å². The summed E-state index contributed by atoms with van der Waals surface area (Å²) in [4.78, 5) is 15.1. The van der Waals surface area contributed by atoms with Crippen LogP contribution < -0.4 is 9.62 Å². The highest BCUT2D eigenvalue weighted by molar-refractivity contribution is 7.92. The summed E-state index contributed by atoms with van der Waals surface area (Å²) in [7, 11) is 0.0302. The van der Waals surface area contributed by atoms with Crippen LogP contribution in [0.1, 0.15) is 35.2 Å². The Morgan fingerprint density at radius 2 is 1.80 bits per heavy atom. The number of amides is 1. The van der Waals surface area contributed by atoms with Crippen molar-refractivity contribution in [3.05, 3.63) is 59.7 Å². The molecule has 7 heteroatoms. The van der Waals surface area contributed by atoms with Crippen LogP contribution in [0, 0.1) is 12.8 Å². The summed E-state index contributed by atoms with van der Waals surface area (Å²) < 4.78 is 27.0. The number of sulfonamides is 1. The Bertz CT molecular complexity index is 968. The summed E-state index contributed by atoms with van der Waals surface area (Å²) >= 11 is 0. The molecule has 0 unspecified atom stereocenters. The fourth-order valence-electron chi connectivity index (χ4n) is 3.87. The number of rotatable bonds is 7. The molecule has 0 spiro atoms. The lowest BCUT2D eigenvalue weighted by molar-refractivity contribution is 0.0949. The molecule has 1 saturated heterocycles. The molecule has 2 aromatic carbocycles. The van der Waals surface area contributed by atoms with Gasteiger partial charge in [-0.05, 0) is 88.1 Å². The first-order valence-corrected chi connectivity index (χ1v) is 11.8. The molecule has 6 nitrogen and oxygen atoms in total. The van der Waals surface area contributed by atoms with Crippen molar-refractivity contribution in [1.82, 2.24) is 10.2 Å². The van der Waals surface area contributed by atoms with Crippen molar-refractivity contribution in [2.75, 3.05) is 38.0 Å². The maximum Gasteiger partial charge on any atom is 0.264 e. The number of hydrogen-bond acceptors (Lipinski definition) is 4. The minimum Gasteiger partial charge on any atom is -0.352 e. The van der Waals surface area contributed by atoms with Gasteiger partial charge in [0.25, 0.3) is 15.9 Å². The van der Waals surface area contributed by atoms with E-state index in [1.807, 2.05) is 6.92 Å². The molecule has 0 radical (unpaired) electrons. The number of carbonyl (C=O) groups is 1. The SMILES string of the molecule is Cc1cc(C(=O)NCCC2CCN(C)CC2)ccc1N(C)S(=O)(=O)c1ccccc1. The van der Waals surface area contributed by atoms with Gasteiger partial charge in [0.05, 0.1) is 10.6 Å². The van der Waals surface area contributed by atoms with Crippen molar-refractivity contribution in [2.45, 2.75) is 31.1 Å². The average Bonchev–Trinajstić information content (AvgIpc) is 2.75. The predicted octanol–water partition coefficient (Wildman–Crippen LogP) is 3.28. The van der Waals surface area contributed by atoms with Crippen molar-refractivity contribution in [1.29, 1.82) is 0 Å². The Morgan fingerprint density at radius 1 is 1.13 bits per heavy atom. The molecule has 0 aliphatic carbocycles. The number of carbonyl (C=O) groups excluding carboxylic acids is 1. The Morgan fingerprint density at radius 3 is 2.43 bits per heavy atom. The van der Waals surface area contributed by atoms with E-state index in [2.05, 4.69) is 17.3 Å². The van der Waals surface area contributed by atoms with Crippen molar-refractivity contribution in [2.24, 2.45) is 5.92 Å². The summed E-state index contributed by atoms with van der Waals surface area (Å²) in [6, 6.07) is 13.5. The van der Waals surface area contributed by atoms with E-state index in [0.29, 0.717) is 23.7 Å². The van der Waals surface area contributed by atoms with E-state index in [1.165, 1.54) is 24.2 Å². The van der Waals surface area contributed by atoms with Crippen LogP contribution in [-0.4, -0.2) is 53.0 Å². The fraction of sp³-hybridized carbons (Fsp3) is 0.435. The second kappa shape index (κ2) is 9.62. The second-order valence-corrected chi connectivity index (χ2v) is 10.0. The third-order valence-corrected chi connectivity index (χ3v) is 7.66. The summed E-state index contributed by atoms with van der Waals surface area (Å²) in [5, 5.41) is 3.01. The van der Waals surface area contributed by atoms with E-state index in [1.54, 1.807) is 48.5 Å². The fourth-order valence-corrected chi connectivity index (χ4v) is 5.15. The van der Waals surface area contributed by atoms with Gasteiger partial charge in [0.2, 0.25) is 0 Å². The first-order chi connectivity index (χ1) is 14.3. The van der Waals surface area contributed by atoms with Crippen LogP contribution in [0.3, 0.4) is 0 Å². The number of nitrogens with one attached hydrogen (secondary N) is 1. The van der Waals surface area contributed by atoms with Gasteiger partial charge in [0, 0.05) is 19.2 Å². The van der Waals surface area contributed by atoms with E-state index in [9.17, 15) is 13.2 Å². The highest BCUT2D eigenvalue weighted by Gasteiger charge is 2.23. The zero-order chi connectivity index (χ0) is 21.7. The van der Waals surface area contributed by atoms with E-state index in [-0.39, 0.29) is 10.8 Å². The van der Waals surface area contributed by atoms with Crippen molar-refractivity contribution >= 4 is 21.6 Å². The summed E-state index contributed by atoms with van der Waals surface area (Å²) in [5.74, 6) is 0.550. The molecular weight excluding hydrogens is 398 g/mol. The molecule has 1 amide bonds. The standard InChI is InChI=1S/C23H31N3O3S/c1-18-17-20(23(27)24-14-11-19-12-15-25(2)16-13-19)9-10-22(18)26(3)30(28,29)21-7-5-4-6-8-21/h4-10,17,19H,11-16H2,1-3H3,(H,24,27). The molecule has 0 bridgehead atoms. The Balaban J connectivity index is 1.62. The summed E-state index contributed by atoms with van der Waals surface area (Å²) in [6.45, 7) is 4.73. The van der Waals surface area contributed by atoms with Gasteiger partial charge in [-0.3, -0.25) is 9.10 Å². The zero-order valence-electron chi connectivity index (χ0n) is 18.0. The van der Waals surface area contributed by atoms with Crippen LogP contribution in [-0.2, 0) is 10.0 Å². The van der Waals surface area contributed by atoms with Gasteiger partial charge in [-0.15, -0.1) is 0 Å². The van der Waals surface area contributed by atoms with E-state index in [4.69, 9.17) is 0 Å². The lowest BCUT2D eigenvalue weighted by Crippen LogP contribution is -2.32. The lowest BCUT2D eigenvalue weighted by atomic mass is 9.94. The van der Waals surface area contributed by atoms with Crippen molar-refractivity contribution in [3.63, 3.8) is 0 Å². The number of anilines is 1. The van der Waals surface area contributed by atoms with Crippen LogP contribution in [0.25, 0.3) is 0 Å². The monoisotopic (exact) mass is 429 g/mol. The first kappa shape index (κ1) is 22.3. The van der Waals surface area contributed by atoms with Crippen LogP contribution >= 0.6 is 0 Å². The highest BCUT2D eigenvalue weighted by atomic mass is 32.2. The molecule has 1 heterocycles. The molecule has 0 saturated carbocycles. The van der Waals surface area contributed by atoms with Gasteiger partial charge < -0.3 is 10.2 Å². The number of aryl methyl sites for hydroxylation is 1. The first-order valence-electron chi connectivity index (χ1n) is 10.4. The predicted molar refractivity (Wildman–Crippen MR) is 120 cm³/mol. The largest absolute Gasteiger partial charge is 0.352 e. The Hall–Kier alpha value is -2.38. The molecule has 1 fully saturated rings. The highest BCUT2D eigenvalue weighted by Crippen LogP contribution is 2.26. The molecule has 3 rings (SSSR count). The van der Waals surface area contributed by atoms with Crippen molar-refractivity contribution in [3.8, 4) is 0 Å². The molecule has 162 valence electrons. The quantitative estimate of drug-likeness (QED) is 0.733. The maximum atomic E-state index is 12.9. The van der Waals surface area contributed by atoms with Gasteiger partial charge in [-0.2, -0.15) is 0 Å². The van der Waals surface area contributed by atoms with Crippen molar-refractivity contribution < 1.29 is 13.2 Å². The third kappa shape index (κ3) is 5.21. The normalized spacial score (nSPS) is 15.7. The molecule has 1 aliphatic heterocycles. The topological polar surface area (TPSA) is 69.7 Å². The molecule has 0 aromatic heterocycles. The van der Waals surface area contributed by atoms with Gasteiger partial charge >= 0.3 is 0 Å².